The minimum Gasteiger partial charge on any atom is -0.508 e. The number of rotatable bonds is 21. The molecular weight excluding hydrogens is 729 g/mol. The van der Waals surface area contributed by atoms with Crippen LogP contribution in [-0.2, 0) is 16.6 Å². The number of carboxylic acid groups (broad SMARTS) is 1. The van der Waals surface area contributed by atoms with Crippen LogP contribution in [0, 0.1) is 11.8 Å². The third kappa shape index (κ3) is 13.5. The molecular formula is C49H72N2O7. The third-order valence-corrected chi connectivity index (χ3v) is 12.8. The van der Waals surface area contributed by atoms with Gasteiger partial charge in [-0.3, -0.25) is 4.79 Å². The summed E-state index contributed by atoms with van der Waals surface area (Å²) in [6.07, 6.45) is 15.0. The number of carboxylic acids is 1. The number of aliphatic carboxylic acids is 1. The Hall–Kier alpha value is -3.49. The molecule has 0 bridgehead atoms. The maximum atomic E-state index is 13.3. The van der Waals surface area contributed by atoms with Crippen LogP contribution in [0.25, 0.3) is 0 Å². The topological polar surface area (TPSA) is 163 Å². The van der Waals surface area contributed by atoms with Crippen molar-refractivity contribution in [3.05, 3.63) is 88.5 Å². The van der Waals surface area contributed by atoms with Gasteiger partial charge in [0.15, 0.2) is 0 Å². The van der Waals surface area contributed by atoms with Crippen molar-refractivity contribution in [2.75, 3.05) is 13.2 Å². The molecule has 9 heteroatoms. The summed E-state index contributed by atoms with van der Waals surface area (Å²) in [6.45, 7) is 6.41. The SMILES string of the molecule is CCCCC[C@H](O)C=CC1=C(C[C@H](O)CO)[C@H](CCC[C@H](CCC(=O)O)NCC)NC([C@@](C)(O)C2(c3ccc(O)cc3)CCCCC2)CC#Cc2ccccc2CC1. The van der Waals surface area contributed by atoms with Gasteiger partial charge in [0.1, 0.15) is 5.75 Å². The van der Waals surface area contributed by atoms with E-state index in [0.29, 0.717) is 38.5 Å². The van der Waals surface area contributed by atoms with Gasteiger partial charge in [0, 0.05) is 41.9 Å². The summed E-state index contributed by atoms with van der Waals surface area (Å²) in [7, 11) is 0. The Kier molecular flexibility index (Phi) is 19.5. The molecule has 0 amide bonds. The van der Waals surface area contributed by atoms with E-state index >= 15 is 0 Å². The minimum absolute atomic E-state index is 0.0155. The molecule has 1 aliphatic heterocycles. The lowest BCUT2D eigenvalue weighted by Crippen LogP contribution is -2.63. The molecule has 2 aromatic carbocycles. The van der Waals surface area contributed by atoms with E-state index in [-0.39, 0.29) is 30.7 Å². The van der Waals surface area contributed by atoms with Crippen molar-refractivity contribution in [2.24, 2.45) is 0 Å². The summed E-state index contributed by atoms with van der Waals surface area (Å²) in [6, 6.07) is 14.6. The highest BCUT2D eigenvalue weighted by molar-refractivity contribution is 5.66. The van der Waals surface area contributed by atoms with Gasteiger partial charge in [0.2, 0.25) is 0 Å². The van der Waals surface area contributed by atoms with Gasteiger partial charge in [0.05, 0.1) is 24.4 Å². The first-order valence-corrected chi connectivity index (χ1v) is 22.1. The molecule has 4 rings (SSSR count). The maximum Gasteiger partial charge on any atom is 0.303 e. The highest BCUT2D eigenvalue weighted by Crippen LogP contribution is 2.49. The number of aryl methyl sites for hydroxylation is 1. The monoisotopic (exact) mass is 801 g/mol. The van der Waals surface area contributed by atoms with E-state index in [2.05, 4.69) is 35.5 Å². The first-order valence-electron chi connectivity index (χ1n) is 22.1. The fraction of sp³-hybridized carbons (Fsp3) is 0.612. The number of aliphatic hydroxyl groups excluding tert-OH is 3. The molecule has 320 valence electrons. The van der Waals surface area contributed by atoms with Gasteiger partial charge in [0.25, 0.3) is 0 Å². The molecule has 1 aliphatic carbocycles. The normalized spacial score (nSPS) is 21.4. The highest BCUT2D eigenvalue weighted by Gasteiger charge is 2.53. The number of phenolic OH excluding ortho intramolecular Hbond substituents is 1. The average molecular weight is 801 g/mol. The number of aromatic hydroxyl groups is 1. The van der Waals surface area contributed by atoms with E-state index in [1.807, 2.05) is 56.3 Å². The van der Waals surface area contributed by atoms with Crippen molar-refractivity contribution in [1.82, 2.24) is 10.6 Å². The zero-order valence-corrected chi connectivity index (χ0v) is 35.4. The van der Waals surface area contributed by atoms with Crippen LogP contribution in [0.4, 0.5) is 0 Å². The number of allylic oxidation sites excluding steroid dienone is 2. The van der Waals surface area contributed by atoms with Crippen LogP contribution in [-0.4, -0.2) is 85.7 Å². The number of aliphatic hydroxyl groups is 4. The molecule has 0 aromatic heterocycles. The van der Waals surface area contributed by atoms with Gasteiger partial charge in [-0.15, -0.1) is 0 Å². The number of nitrogens with one attached hydrogen (secondary N) is 2. The molecule has 58 heavy (non-hydrogen) atoms. The summed E-state index contributed by atoms with van der Waals surface area (Å²) in [4.78, 5) is 11.5. The van der Waals surface area contributed by atoms with E-state index < -0.39 is 41.8 Å². The summed E-state index contributed by atoms with van der Waals surface area (Å²) < 4.78 is 0. The minimum atomic E-state index is -1.32. The number of hydrogen-bond acceptors (Lipinski definition) is 8. The van der Waals surface area contributed by atoms with Crippen molar-refractivity contribution >= 4 is 5.97 Å². The molecule has 0 saturated heterocycles. The Morgan fingerprint density at radius 2 is 1.74 bits per heavy atom. The number of unbranched alkanes of at least 4 members (excludes halogenated alkanes) is 2. The smallest absolute Gasteiger partial charge is 0.303 e. The summed E-state index contributed by atoms with van der Waals surface area (Å²) in [5.41, 5.74) is 2.96. The molecule has 1 heterocycles. The van der Waals surface area contributed by atoms with Gasteiger partial charge in [-0.25, -0.2) is 0 Å². The lowest BCUT2D eigenvalue weighted by Gasteiger charge is -2.52. The van der Waals surface area contributed by atoms with Crippen LogP contribution in [0.5, 0.6) is 5.75 Å². The van der Waals surface area contributed by atoms with Crippen molar-refractivity contribution in [3.8, 4) is 17.6 Å². The maximum absolute atomic E-state index is 13.3. The summed E-state index contributed by atoms with van der Waals surface area (Å²) >= 11 is 0. The fourth-order valence-electron chi connectivity index (χ4n) is 9.35. The predicted octanol–water partition coefficient (Wildman–Crippen LogP) is 7.61. The molecule has 6 atom stereocenters. The first-order chi connectivity index (χ1) is 27.9. The molecule has 2 aliphatic rings. The average Bonchev–Trinajstić information content (AvgIpc) is 3.21. The molecule has 0 radical (unpaired) electrons. The molecule has 1 unspecified atom stereocenters. The Morgan fingerprint density at radius 3 is 2.43 bits per heavy atom. The molecule has 1 saturated carbocycles. The van der Waals surface area contributed by atoms with E-state index in [4.69, 9.17) is 0 Å². The Balaban J connectivity index is 1.91. The Labute approximate surface area is 348 Å². The Bertz CT molecular complexity index is 1670. The second kappa shape index (κ2) is 23.9. The third-order valence-electron chi connectivity index (χ3n) is 12.8. The summed E-state index contributed by atoms with van der Waals surface area (Å²) in [5.74, 6) is 6.30. The van der Waals surface area contributed by atoms with Crippen LogP contribution in [0.1, 0.15) is 147 Å². The molecule has 0 spiro atoms. The largest absolute Gasteiger partial charge is 0.508 e. The number of benzene rings is 2. The van der Waals surface area contributed by atoms with Crippen molar-refractivity contribution < 1.29 is 35.4 Å². The second-order valence-corrected chi connectivity index (χ2v) is 16.9. The van der Waals surface area contributed by atoms with Gasteiger partial charge >= 0.3 is 5.97 Å². The number of hydrogen-bond donors (Lipinski definition) is 8. The lowest BCUT2D eigenvalue weighted by atomic mass is 9.57. The van der Waals surface area contributed by atoms with E-state index in [9.17, 15) is 35.4 Å². The van der Waals surface area contributed by atoms with Gasteiger partial charge in [-0.2, -0.15) is 0 Å². The second-order valence-electron chi connectivity index (χ2n) is 16.9. The van der Waals surface area contributed by atoms with Crippen LogP contribution in [0.3, 0.4) is 0 Å². The van der Waals surface area contributed by atoms with E-state index in [1.165, 1.54) is 0 Å². The van der Waals surface area contributed by atoms with Gasteiger partial charge in [-0.05, 0) is 112 Å². The zero-order chi connectivity index (χ0) is 42.0. The zero-order valence-electron chi connectivity index (χ0n) is 35.4. The van der Waals surface area contributed by atoms with Crippen molar-refractivity contribution in [1.29, 1.82) is 0 Å². The lowest BCUT2D eigenvalue weighted by molar-refractivity contribution is -0.137. The molecule has 9 nitrogen and oxygen atoms in total. The van der Waals surface area contributed by atoms with E-state index in [1.54, 1.807) is 12.1 Å². The van der Waals surface area contributed by atoms with Crippen LogP contribution in [0.2, 0.25) is 0 Å². The van der Waals surface area contributed by atoms with Gasteiger partial charge < -0.3 is 41.3 Å². The van der Waals surface area contributed by atoms with Crippen molar-refractivity contribution in [2.45, 2.75) is 178 Å². The molecule has 8 N–H and O–H groups in total. The Morgan fingerprint density at radius 1 is 1.00 bits per heavy atom. The molecule has 1 fully saturated rings. The number of carbonyl (C=O) groups is 1. The molecule has 2 aromatic rings. The first kappa shape index (κ1) is 47.2. The van der Waals surface area contributed by atoms with Crippen LogP contribution >= 0.6 is 0 Å². The number of fused-ring (bicyclic) bond motifs is 1. The number of phenols is 1. The van der Waals surface area contributed by atoms with Crippen LogP contribution in [0.15, 0.2) is 71.8 Å². The predicted molar refractivity (Wildman–Crippen MR) is 233 cm³/mol. The summed E-state index contributed by atoms with van der Waals surface area (Å²) in [5, 5.41) is 73.1. The highest BCUT2D eigenvalue weighted by atomic mass is 16.4. The fourth-order valence-corrected chi connectivity index (χ4v) is 9.35. The van der Waals surface area contributed by atoms with Crippen LogP contribution < -0.4 is 10.6 Å². The quantitative estimate of drug-likeness (QED) is 0.0469. The van der Waals surface area contributed by atoms with Gasteiger partial charge in [-0.1, -0.05) is 113 Å². The van der Waals surface area contributed by atoms with E-state index in [0.717, 1.165) is 98.6 Å². The standard InChI is InChI=1S/C49H72N2O7/c1-4-6-8-19-41(53)28-24-38-23-22-37-16-10-9-15-36(37)17-13-21-46(48(3,58)49(32-11-7-12-33-49)39-25-29-42(54)30-26-39)51-45(44(38)34-43(55)35-52)20-14-18-40(50-5-2)27-31-47(56)57/h9-10,15-16,24-26,28-30,40-41,43,45-46,50-55,58H,4-8,11-12,14,18-23,27,31-35H2,1-3H3,(H,56,57)/t40-,41+,43+,45+,46?,48-/m1/s1. The van der Waals surface area contributed by atoms with Crippen molar-refractivity contribution in [3.63, 3.8) is 0 Å².